The molecule has 0 radical (unpaired) electrons. The first-order chi connectivity index (χ1) is 17.6. The average Bonchev–Trinajstić information content (AvgIpc) is 3.28. The number of nitrogens with zero attached hydrogens (tertiary/aromatic N) is 2. The van der Waals surface area contributed by atoms with Crippen LogP contribution in [-0.4, -0.2) is 41.0 Å². The van der Waals surface area contributed by atoms with Gasteiger partial charge in [-0.3, -0.25) is 13.9 Å². The molecule has 1 fully saturated rings. The van der Waals surface area contributed by atoms with Gasteiger partial charge in [-0.25, -0.2) is 14.4 Å². The van der Waals surface area contributed by atoms with Gasteiger partial charge in [0.05, 0.1) is 25.3 Å². The van der Waals surface area contributed by atoms with Gasteiger partial charge >= 0.3 is 23.9 Å². The third kappa shape index (κ3) is 5.14. The number of benzene rings is 1. The Balaban J connectivity index is 1.77. The molecule has 1 saturated carbocycles. The zero-order valence-electron chi connectivity index (χ0n) is 20.5. The molecule has 2 aliphatic rings. The van der Waals surface area contributed by atoms with Crippen LogP contribution >= 0.6 is 0 Å². The molecule has 37 heavy (non-hydrogen) atoms. The highest BCUT2D eigenvalue weighted by atomic mass is 19.4. The molecule has 0 unspecified atom stereocenters. The lowest BCUT2D eigenvalue weighted by atomic mass is 9.91. The summed E-state index contributed by atoms with van der Waals surface area (Å²) in [5.74, 6) is -0.904. The third-order valence-electron chi connectivity index (χ3n) is 7.09. The first-order valence-corrected chi connectivity index (χ1v) is 12.1. The minimum atomic E-state index is -4.57. The van der Waals surface area contributed by atoms with Gasteiger partial charge in [-0.1, -0.05) is 12.1 Å². The number of alkyl carbamates (subject to hydrolysis) is 1. The quantitative estimate of drug-likeness (QED) is 0.601. The molecule has 1 N–H and O–H groups in total. The fourth-order valence-electron chi connectivity index (χ4n) is 5.37. The molecule has 2 aliphatic carbocycles. The first kappa shape index (κ1) is 26.5. The normalized spacial score (nSPS) is 21.3. The van der Waals surface area contributed by atoms with E-state index in [-0.39, 0.29) is 48.2 Å². The maximum absolute atomic E-state index is 13.7. The van der Waals surface area contributed by atoms with Gasteiger partial charge in [0.15, 0.2) is 0 Å². The summed E-state index contributed by atoms with van der Waals surface area (Å²) in [6.07, 6.45) is -1.80. The molecule has 200 valence electrons. The van der Waals surface area contributed by atoms with Crippen LogP contribution in [-0.2, 0) is 22.1 Å². The van der Waals surface area contributed by atoms with Gasteiger partial charge < -0.3 is 14.8 Å². The molecule has 12 heteroatoms. The van der Waals surface area contributed by atoms with E-state index in [1.54, 1.807) is 6.92 Å². The van der Waals surface area contributed by atoms with Gasteiger partial charge in [0.2, 0.25) is 0 Å². The second kappa shape index (κ2) is 10.4. The van der Waals surface area contributed by atoms with Crippen LogP contribution in [0, 0.1) is 0 Å². The summed E-state index contributed by atoms with van der Waals surface area (Å²) in [6.45, 7) is 1.58. The zero-order valence-corrected chi connectivity index (χ0v) is 20.5. The maximum Gasteiger partial charge on any atom is 0.416 e. The van der Waals surface area contributed by atoms with Crippen LogP contribution in [0.15, 0.2) is 34.0 Å². The minimum Gasteiger partial charge on any atom is -0.462 e. The van der Waals surface area contributed by atoms with Crippen molar-refractivity contribution in [2.24, 2.45) is 0 Å². The number of aromatic nitrogens is 2. The SMILES string of the molecule is CCOC(=O)c1cn([C@H]2CC[C@H](NC(=O)OC)CC2)c(=O)n([C@@H]2CCc3c2cccc3C(F)(F)F)c1=O. The molecular weight excluding hydrogens is 495 g/mol. The van der Waals surface area contributed by atoms with Gasteiger partial charge in [-0.2, -0.15) is 13.2 Å². The summed E-state index contributed by atoms with van der Waals surface area (Å²) in [4.78, 5) is 51.2. The summed E-state index contributed by atoms with van der Waals surface area (Å²) in [6, 6.07) is 2.24. The predicted octanol–water partition coefficient (Wildman–Crippen LogP) is 3.58. The predicted molar refractivity (Wildman–Crippen MR) is 126 cm³/mol. The Labute approximate surface area is 210 Å². The Morgan fingerprint density at radius 3 is 2.43 bits per heavy atom. The van der Waals surface area contributed by atoms with E-state index in [2.05, 4.69) is 10.1 Å². The number of hydrogen-bond acceptors (Lipinski definition) is 6. The molecule has 1 heterocycles. The fraction of sp³-hybridized carbons (Fsp3) is 0.520. The molecule has 0 saturated heterocycles. The number of esters is 1. The number of carbonyl (C=O) groups excluding carboxylic acids is 2. The lowest BCUT2D eigenvalue weighted by Gasteiger charge is -2.30. The molecule has 2 aromatic rings. The lowest BCUT2D eigenvalue weighted by molar-refractivity contribution is -0.138. The lowest BCUT2D eigenvalue weighted by Crippen LogP contribution is -2.46. The summed E-state index contributed by atoms with van der Waals surface area (Å²) in [5, 5.41) is 2.73. The number of fused-ring (bicyclic) bond motifs is 1. The fourth-order valence-corrected chi connectivity index (χ4v) is 5.37. The molecule has 1 amide bonds. The number of alkyl halides is 3. The summed E-state index contributed by atoms with van der Waals surface area (Å²) >= 11 is 0. The Morgan fingerprint density at radius 1 is 1.11 bits per heavy atom. The number of rotatable bonds is 5. The first-order valence-electron chi connectivity index (χ1n) is 12.1. The number of nitrogens with one attached hydrogen (secondary N) is 1. The molecule has 4 rings (SSSR count). The third-order valence-corrected chi connectivity index (χ3v) is 7.09. The monoisotopic (exact) mass is 523 g/mol. The van der Waals surface area contributed by atoms with E-state index in [0.29, 0.717) is 25.7 Å². The summed E-state index contributed by atoms with van der Waals surface area (Å²) in [7, 11) is 1.26. The van der Waals surface area contributed by atoms with Gasteiger partial charge in [-0.05, 0) is 62.6 Å². The van der Waals surface area contributed by atoms with Crippen molar-refractivity contribution in [3.05, 3.63) is 67.5 Å². The van der Waals surface area contributed by atoms with Crippen LogP contribution in [0.4, 0.5) is 18.0 Å². The highest BCUT2D eigenvalue weighted by Crippen LogP contribution is 2.41. The van der Waals surface area contributed by atoms with Crippen molar-refractivity contribution in [1.82, 2.24) is 14.5 Å². The summed E-state index contributed by atoms with van der Waals surface area (Å²) in [5.41, 5.74) is -2.44. The Kier molecular flexibility index (Phi) is 7.47. The molecular formula is C25H28F3N3O6. The van der Waals surface area contributed by atoms with Gasteiger partial charge in [0.25, 0.3) is 5.56 Å². The zero-order chi connectivity index (χ0) is 26.9. The van der Waals surface area contributed by atoms with Crippen LogP contribution in [0.2, 0.25) is 0 Å². The second-order valence-electron chi connectivity index (χ2n) is 9.20. The molecule has 1 aromatic carbocycles. The summed E-state index contributed by atoms with van der Waals surface area (Å²) < 4.78 is 52.7. The van der Waals surface area contributed by atoms with Gasteiger partial charge in [0.1, 0.15) is 5.56 Å². The van der Waals surface area contributed by atoms with Crippen LogP contribution < -0.4 is 16.6 Å². The van der Waals surface area contributed by atoms with Crippen LogP contribution in [0.1, 0.15) is 78.2 Å². The number of methoxy groups -OCH3 is 1. The number of halogens is 3. The highest BCUT2D eigenvalue weighted by molar-refractivity contribution is 5.88. The molecule has 0 bridgehead atoms. The maximum atomic E-state index is 13.7. The van der Waals surface area contributed by atoms with Crippen molar-refractivity contribution in [3.8, 4) is 0 Å². The van der Waals surface area contributed by atoms with Gasteiger partial charge in [-0.15, -0.1) is 0 Å². The highest BCUT2D eigenvalue weighted by Gasteiger charge is 2.39. The van der Waals surface area contributed by atoms with Crippen LogP contribution in [0.5, 0.6) is 0 Å². The molecule has 0 aliphatic heterocycles. The average molecular weight is 524 g/mol. The van der Waals surface area contributed by atoms with Crippen LogP contribution in [0.25, 0.3) is 0 Å². The Hall–Kier alpha value is -3.57. The van der Waals surface area contributed by atoms with E-state index in [1.165, 1.54) is 30.0 Å². The second-order valence-corrected chi connectivity index (χ2v) is 9.20. The van der Waals surface area contributed by atoms with E-state index in [4.69, 9.17) is 4.74 Å². The minimum absolute atomic E-state index is 0.00289. The van der Waals surface area contributed by atoms with Crippen LogP contribution in [0.3, 0.4) is 0 Å². The van der Waals surface area contributed by atoms with E-state index in [9.17, 15) is 32.3 Å². The Morgan fingerprint density at radius 2 is 1.81 bits per heavy atom. The molecule has 9 nitrogen and oxygen atoms in total. The van der Waals surface area contributed by atoms with Crippen molar-refractivity contribution in [3.63, 3.8) is 0 Å². The standard InChI is InChI=1S/C25H28F3N3O6/c1-3-37-22(33)18-13-30(15-9-7-14(8-10-15)29-23(34)36-2)24(35)31(21(18)32)20-12-11-16-17(20)5-4-6-19(16)25(26,27)28/h4-6,13-15,20H,3,7-12H2,1-2H3,(H,29,34)/t14-,15-,20-/m1/s1. The van der Waals surface area contributed by atoms with Crippen molar-refractivity contribution >= 4 is 12.1 Å². The van der Waals surface area contributed by atoms with Crippen molar-refractivity contribution in [2.75, 3.05) is 13.7 Å². The van der Waals surface area contributed by atoms with Crippen molar-refractivity contribution in [2.45, 2.75) is 69.8 Å². The van der Waals surface area contributed by atoms with Crippen molar-refractivity contribution < 1.29 is 32.2 Å². The van der Waals surface area contributed by atoms with Crippen molar-refractivity contribution in [1.29, 1.82) is 0 Å². The smallest absolute Gasteiger partial charge is 0.416 e. The number of ether oxygens (including phenoxy) is 2. The number of carbonyl (C=O) groups is 2. The van der Waals surface area contributed by atoms with E-state index >= 15 is 0 Å². The largest absolute Gasteiger partial charge is 0.462 e. The van der Waals surface area contributed by atoms with E-state index in [1.807, 2.05) is 0 Å². The Bertz CT molecular complexity index is 1310. The number of hydrogen-bond donors (Lipinski definition) is 1. The molecule has 1 atom stereocenters. The molecule has 1 aromatic heterocycles. The number of amides is 1. The topological polar surface area (TPSA) is 109 Å². The van der Waals surface area contributed by atoms with E-state index < -0.39 is 41.1 Å². The van der Waals surface area contributed by atoms with E-state index in [0.717, 1.165) is 10.6 Å². The van der Waals surface area contributed by atoms with Gasteiger partial charge in [0, 0.05) is 18.3 Å². The molecule has 0 spiro atoms.